The number of nitrogens with zero attached hydrogens (tertiary/aromatic N) is 1. The lowest BCUT2D eigenvalue weighted by molar-refractivity contribution is -0.130. The fraction of sp³-hybridized carbons (Fsp3) is 0.250. The zero-order valence-corrected chi connectivity index (χ0v) is 19.4. The van der Waals surface area contributed by atoms with Gasteiger partial charge in [-0.3, -0.25) is 4.79 Å². The van der Waals surface area contributed by atoms with Crippen molar-refractivity contribution >= 4 is 11.5 Å². The molecule has 3 aromatic carbocycles. The Morgan fingerprint density at radius 1 is 1.00 bits per heavy atom. The van der Waals surface area contributed by atoms with Crippen LogP contribution in [0.1, 0.15) is 48.1 Å². The van der Waals surface area contributed by atoms with Gasteiger partial charge in [0.15, 0.2) is 17.3 Å². The van der Waals surface area contributed by atoms with Gasteiger partial charge in [-0.1, -0.05) is 56.3 Å². The molecule has 0 aromatic heterocycles. The van der Waals surface area contributed by atoms with Crippen molar-refractivity contribution in [1.29, 1.82) is 0 Å². The summed E-state index contributed by atoms with van der Waals surface area (Å²) in [6, 6.07) is 20.9. The molecular formula is C28H27NO5. The molecule has 174 valence electrons. The van der Waals surface area contributed by atoms with Crippen LogP contribution in [0.2, 0.25) is 0 Å². The lowest BCUT2D eigenvalue weighted by Gasteiger charge is -2.28. The average molecular weight is 458 g/mol. The van der Waals surface area contributed by atoms with Crippen molar-refractivity contribution in [3.05, 3.63) is 94.7 Å². The average Bonchev–Trinajstić information content (AvgIpc) is 3.42. The maximum absolute atomic E-state index is 13.3. The third kappa shape index (κ3) is 3.85. The molecule has 1 amide bonds. The molecule has 0 aliphatic carbocycles. The molecule has 0 saturated heterocycles. The van der Waals surface area contributed by atoms with E-state index in [1.165, 1.54) is 5.56 Å². The predicted octanol–water partition coefficient (Wildman–Crippen LogP) is 5.60. The second-order valence-electron chi connectivity index (χ2n) is 8.84. The number of aliphatic hydroxyl groups excluding tert-OH is 1. The smallest absolute Gasteiger partial charge is 0.290 e. The van der Waals surface area contributed by atoms with Gasteiger partial charge < -0.3 is 24.2 Å². The van der Waals surface area contributed by atoms with E-state index < -0.39 is 11.9 Å². The highest BCUT2D eigenvalue weighted by atomic mass is 16.7. The van der Waals surface area contributed by atoms with E-state index >= 15 is 0 Å². The first-order valence-electron chi connectivity index (χ1n) is 11.3. The summed E-state index contributed by atoms with van der Waals surface area (Å²) in [6.45, 7) is 4.80. The van der Waals surface area contributed by atoms with Crippen LogP contribution in [0.5, 0.6) is 17.2 Å². The molecule has 6 nitrogen and oxygen atoms in total. The van der Waals surface area contributed by atoms with Crippen LogP contribution in [-0.2, 0) is 11.3 Å². The van der Waals surface area contributed by atoms with Crippen molar-refractivity contribution in [2.24, 2.45) is 0 Å². The molecule has 34 heavy (non-hydrogen) atoms. The summed E-state index contributed by atoms with van der Waals surface area (Å²) in [4.78, 5) is 15.1. The van der Waals surface area contributed by atoms with Crippen LogP contribution in [-0.4, -0.2) is 29.8 Å². The summed E-state index contributed by atoms with van der Waals surface area (Å²) >= 11 is 0. The topological polar surface area (TPSA) is 68.2 Å². The van der Waals surface area contributed by atoms with E-state index in [-0.39, 0.29) is 12.6 Å². The summed E-state index contributed by atoms with van der Waals surface area (Å²) < 4.78 is 16.2. The summed E-state index contributed by atoms with van der Waals surface area (Å²) in [6.07, 6.45) is 0. The van der Waals surface area contributed by atoms with Gasteiger partial charge in [0.05, 0.1) is 13.2 Å². The number of hydrogen-bond donors (Lipinski definition) is 1. The van der Waals surface area contributed by atoms with Crippen molar-refractivity contribution in [2.75, 3.05) is 13.9 Å². The van der Waals surface area contributed by atoms with Gasteiger partial charge in [-0.2, -0.15) is 0 Å². The monoisotopic (exact) mass is 457 g/mol. The number of carbonyl (C=O) groups is 1. The first-order chi connectivity index (χ1) is 16.5. The van der Waals surface area contributed by atoms with Crippen molar-refractivity contribution in [3.8, 4) is 17.2 Å². The second-order valence-corrected chi connectivity index (χ2v) is 8.84. The zero-order valence-electron chi connectivity index (χ0n) is 19.4. The molecule has 0 fully saturated rings. The fourth-order valence-electron chi connectivity index (χ4n) is 4.53. The van der Waals surface area contributed by atoms with Gasteiger partial charge in [-0.25, -0.2) is 0 Å². The van der Waals surface area contributed by atoms with Gasteiger partial charge >= 0.3 is 0 Å². The Labute approximate surface area is 199 Å². The van der Waals surface area contributed by atoms with Crippen LogP contribution in [0.15, 0.2) is 72.5 Å². The molecule has 0 bridgehead atoms. The van der Waals surface area contributed by atoms with Gasteiger partial charge in [0.1, 0.15) is 5.75 Å². The third-order valence-corrected chi connectivity index (χ3v) is 6.41. The number of aliphatic hydroxyl groups is 1. The van der Waals surface area contributed by atoms with Gasteiger partial charge in [-0.05, 0) is 52.4 Å². The molecule has 1 N–H and O–H groups in total. The largest absolute Gasteiger partial charge is 0.503 e. The summed E-state index contributed by atoms with van der Waals surface area (Å²) in [5, 5.41) is 11.0. The highest BCUT2D eigenvalue weighted by Crippen LogP contribution is 2.44. The van der Waals surface area contributed by atoms with Gasteiger partial charge in [0.25, 0.3) is 5.91 Å². The summed E-state index contributed by atoms with van der Waals surface area (Å²) in [5.41, 5.74) is 4.41. The Hall–Kier alpha value is -3.93. The highest BCUT2D eigenvalue weighted by Gasteiger charge is 2.41. The zero-order chi connectivity index (χ0) is 23.8. The van der Waals surface area contributed by atoms with E-state index in [1.54, 1.807) is 12.0 Å². The van der Waals surface area contributed by atoms with Gasteiger partial charge in [0, 0.05) is 12.1 Å². The number of fused-ring (bicyclic) bond motifs is 1. The van der Waals surface area contributed by atoms with E-state index in [0.29, 0.717) is 35.3 Å². The van der Waals surface area contributed by atoms with E-state index in [2.05, 4.69) is 26.0 Å². The molecular weight excluding hydrogens is 430 g/mol. The number of benzene rings is 3. The van der Waals surface area contributed by atoms with Crippen molar-refractivity contribution in [2.45, 2.75) is 32.4 Å². The second kappa shape index (κ2) is 8.78. The number of hydrogen-bond acceptors (Lipinski definition) is 5. The molecule has 5 rings (SSSR count). The Balaban J connectivity index is 1.56. The predicted molar refractivity (Wildman–Crippen MR) is 129 cm³/mol. The molecule has 0 spiro atoms. The van der Waals surface area contributed by atoms with Crippen molar-refractivity contribution in [3.63, 3.8) is 0 Å². The lowest BCUT2D eigenvalue weighted by atomic mass is 9.91. The lowest BCUT2D eigenvalue weighted by Crippen LogP contribution is -2.29. The van der Waals surface area contributed by atoms with Crippen molar-refractivity contribution in [1.82, 2.24) is 4.90 Å². The number of amides is 1. The van der Waals surface area contributed by atoms with Crippen LogP contribution in [0, 0.1) is 0 Å². The third-order valence-electron chi connectivity index (χ3n) is 6.41. The molecule has 2 aliphatic rings. The Morgan fingerprint density at radius 2 is 1.71 bits per heavy atom. The van der Waals surface area contributed by atoms with Crippen LogP contribution >= 0.6 is 0 Å². The van der Waals surface area contributed by atoms with Crippen LogP contribution in [0.25, 0.3) is 5.57 Å². The number of carbonyl (C=O) groups excluding carboxylic acids is 1. The minimum Gasteiger partial charge on any atom is -0.503 e. The van der Waals surface area contributed by atoms with Crippen LogP contribution in [0.3, 0.4) is 0 Å². The molecule has 2 aliphatic heterocycles. The summed E-state index contributed by atoms with van der Waals surface area (Å²) in [7, 11) is 1.61. The van der Waals surface area contributed by atoms with E-state index in [4.69, 9.17) is 14.2 Å². The van der Waals surface area contributed by atoms with Crippen LogP contribution < -0.4 is 14.2 Å². The normalized spacial score (nSPS) is 17.1. The Bertz CT molecular complexity index is 1240. The molecule has 3 aromatic rings. The van der Waals surface area contributed by atoms with Gasteiger partial charge in [0.2, 0.25) is 6.79 Å². The first-order valence-corrected chi connectivity index (χ1v) is 11.3. The standard InChI is InChI=1S/C28H27NO5/c1-17(2)19-5-7-21(8-6-19)26-25(20-9-11-22(32-3)12-10-20)27(30)28(31)29(26)15-18-4-13-23-24(14-18)34-16-33-23/h4-14,17,26,30H,15-16H2,1-3H3. The minimum atomic E-state index is -0.437. The van der Waals surface area contributed by atoms with Crippen LogP contribution in [0.4, 0.5) is 0 Å². The minimum absolute atomic E-state index is 0.191. The number of ether oxygens (including phenoxy) is 3. The molecule has 2 heterocycles. The van der Waals surface area contributed by atoms with Crippen molar-refractivity contribution < 1.29 is 24.1 Å². The Kier molecular flexibility index (Phi) is 5.65. The molecule has 1 unspecified atom stereocenters. The number of methoxy groups -OCH3 is 1. The number of rotatable bonds is 6. The van der Waals surface area contributed by atoms with Gasteiger partial charge in [-0.15, -0.1) is 0 Å². The molecule has 0 radical (unpaired) electrons. The van der Waals surface area contributed by atoms with E-state index in [9.17, 15) is 9.90 Å². The fourth-order valence-corrected chi connectivity index (χ4v) is 4.53. The van der Waals surface area contributed by atoms with E-state index in [1.807, 2.05) is 54.6 Å². The maximum atomic E-state index is 13.3. The maximum Gasteiger partial charge on any atom is 0.290 e. The molecule has 0 saturated carbocycles. The molecule has 1 atom stereocenters. The highest BCUT2D eigenvalue weighted by molar-refractivity contribution is 6.05. The summed E-state index contributed by atoms with van der Waals surface area (Å²) in [5.74, 6) is 1.83. The SMILES string of the molecule is COc1ccc(C2=C(O)C(=O)N(Cc3ccc4c(c3)OCO4)C2c2ccc(C(C)C)cc2)cc1. The quantitative estimate of drug-likeness (QED) is 0.522. The molecule has 6 heteroatoms. The van der Waals surface area contributed by atoms with E-state index in [0.717, 1.165) is 16.7 Å². The first kappa shape index (κ1) is 21.9. The Morgan fingerprint density at radius 3 is 2.38 bits per heavy atom.